The molecule has 0 spiro atoms. The first-order valence-electron chi connectivity index (χ1n) is 7.81. The molecule has 3 rings (SSSR count). The number of hydrogen-bond acceptors (Lipinski definition) is 4. The van der Waals surface area contributed by atoms with Crippen LogP contribution in [-0.4, -0.2) is 18.4 Å². The fourth-order valence-electron chi connectivity index (χ4n) is 2.41. The zero-order chi connectivity index (χ0) is 17.8. The number of carbonyl (C=O) groups is 2. The van der Waals surface area contributed by atoms with E-state index in [1.54, 1.807) is 48.5 Å². The van der Waals surface area contributed by atoms with E-state index in [4.69, 9.17) is 4.42 Å². The zero-order valence-corrected chi connectivity index (χ0v) is 13.5. The molecule has 6 heteroatoms. The Morgan fingerprint density at radius 1 is 1.00 bits per heavy atom. The van der Waals surface area contributed by atoms with Gasteiger partial charge in [-0.3, -0.25) is 14.4 Å². The Bertz CT molecular complexity index is 1010. The second-order valence-corrected chi connectivity index (χ2v) is 5.37. The predicted molar refractivity (Wildman–Crippen MR) is 94.9 cm³/mol. The van der Waals surface area contributed by atoms with Gasteiger partial charge in [0.05, 0.1) is 5.39 Å². The van der Waals surface area contributed by atoms with Crippen molar-refractivity contribution in [2.24, 2.45) is 0 Å². The fraction of sp³-hybridized carbons (Fsp3) is 0.105. The van der Waals surface area contributed by atoms with Gasteiger partial charge in [0.25, 0.3) is 11.8 Å². The summed E-state index contributed by atoms with van der Waals surface area (Å²) in [4.78, 5) is 36.3. The summed E-state index contributed by atoms with van der Waals surface area (Å²) in [6.45, 7) is 2.34. The van der Waals surface area contributed by atoms with Gasteiger partial charge >= 0.3 is 0 Å². The molecule has 0 aliphatic heterocycles. The van der Waals surface area contributed by atoms with E-state index < -0.39 is 5.91 Å². The number of nitrogens with one attached hydrogen (secondary N) is 2. The third-order valence-corrected chi connectivity index (χ3v) is 3.58. The van der Waals surface area contributed by atoms with Crippen LogP contribution in [0, 0.1) is 0 Å². The summed E-state index contributed by atoms with van der Waals surface area (Å²) in [5.74, 6) is -0.876. The summed E-state index contributed by atoms with van der Waals surface area (Å²) in [6.07, 6.45) is 0. The molecular formula is C19H16N2O4. The lowest BCUT2D eigenvalue weighted by molar-refractivity contribution is 0.0953. The quantitative estimate of drug-likeness (QED) is 0.767. The Balaban J connectivity index is 1.87. The van der Waals surface area contributed by atoms with Crippen LogP contribution >= 0.6 is 0 Å². The lowest BCUT2D eigenvalue weighted by atomic mass is 10.2. The largest absolute Gasteiger partial charge is 0.451 e. The summed E-state index contributed by atoms with van der Waals surface area (Å²) in [7, 11) is 0. The second-order valence-electron chi connectivity index (χ2n) is 5.37. The highest BCUT2D eigenvalue weighted by Crippen LogP contribution is 2.15. The summed E-state index contributed by atoms with van der Waals surface area (Å²) in [5, 5.41) is 5.74. The average Bonchev–Trinajstić information content (AvgIpc) is 2.62. The maximum atomic E-state index is 12.4. The Labute approximate surface area is 143 Å². The average molecular weight is 336 g/mol. The van der Waals surface area contributed by atoms with E-state index in [0.717, 1.165) is 6.07 Å². The summed E-state index contributed by atoms with van der Waals surface area (Å²) < 4.78 is 5.50. The molecule has 0 unspecified atom stereocenters. The van der Waals surface area contributed by atoms with Gasteiger partial charge in [-0.15, -0.1) is 0 Å². The Kier molecular flexibility index (Phi) is 4.61. The van der Waals surface area contributed by atoms with E-state index in [1.807, 2.05) is 6.92 Å². The molecule has 0 fully saturated rings. The van der Waals surface area contributed by atoms with Crippen LogP contribution in [0.15, 0.2) is 63.8 Å². The first-order valence-corrected chi connectivity index (χ1v) is 7.81. The van der Waals surface area contributed by atoms with Crippen molar-refractivity contribution in [2.45, 2.75) is 6.92 Å². The molecule has 0 radical (unpaired) electrons. The normalized spacial score (nSPS) is 10.4. The van der Waals surface area contributed by atoms with Gasteiger partial charge in [0, 0.05) is 23.9 Å². The van der Waals surface area contributed by atoms with Crippen LogP contribution < -0.4 is 16.1 Å². The van der Waals surface area contributed by atoms with Crippen molar-refractivity contribution in [1.29, 1.82) is 0 Å². The van der Waals surface area contributed by atoms with E-state index in [1.165, 1.54) is 0 Å². The highest BCUT2D eigenvalue weighted by Gasteiger charge is 2.13. The molecule has 0 bridgehead atoms. The van der Waals surface area contributed by atoms with Gasteiger partial charge in [-0.25, -0.2) is 0 Å². The lowest BCUT2D eigenvalue weighted by Gasteiger charge is -2.07. The van der Waals surface area contributed by atoms with Gasteiger partial charge in [0.15, 0.2) is 11.2 Å². The zero-order valence-electron chi connectivity index (χ0n) is 13.5. The molecule has 6 nitrogen and oxygen atoms in total. The molecule has 0 saturated heterocycles. The highest BCUT2D eigenvalue weighted by atomic mass is 16.3. The number of anilines is 1. The van der Waals surface area contributed by atoms with Crippen molar-refractivity contribution < 1.29 is 14.0 Å². The predicted octanol–water partition coefficient (Wildman–Crippen LogP) is 2.80. The topological polar surface area (TPSA) is 88.4 Å². The number of benzene rings is 2. The van der Waals surface area contributed by atoms with Crippen molar-refractivity contribution in [2.75, 3.05) is 11.9 Å². The number of rotatable bonds is 4. The van der Waals surface area contributed by atoms with Crippen LogP contribution in [0.1, 0.15) is 27.8 Å². The molecule has 0 atom stereocenters. The molecule has 0 aliphatic carbocycles. The van der Waals surface area contributed by atoms with Crippen LogP contribution in [0.3, 0.4) is 0 Å². The summed E-state index contributed by atoms with van der Waals surface area (Å²) in [6, 6.07) is 14.4. The van der Waals surface area contributed by atoms with Crippen LogP contribution in [0.25, 0.3) is 11.0 Å². The van der Waals surface area contributed by atoms with Crippen molar-refractivity contribution in [3.05, 3.63) is 76.1 Å². The van der Waals surface area contributed by atoms with Gasteiger partial charge in [-0.2, -0.15) is 0 Å². The van der Waals surface area contributed by atoms with Crippen LogP contribution in [0.4, 0.5) is 5.69 Å². The smallest absolute Gasteiger partial charge is 0.291 e. The van der Waals surface area contributed by atoms with E-state index >= 15 is 0 Å². The van der Waals surface area contributed by atoms with Gasteiger partial charge in [-0.05, 0) is 37.3 Å². The third-order valence-electron chi connectivity index (χ3n) is 3.58. The monoisotopic (exact) mass is 336 g/mol. The number of carbonyl (C=O) groups excluding carboxylic acids is 2. The minimum Gasteiger partial charge on any atom is -0.451 e. The Morgan fingerprint density at radius 2 is 1.80 bits per heavy atom. The lowest BCUT2D eigenvalue weighted by Crippen LogP contribution is -2.22. The number of para-hydroxylation sites is 1. The molecule has 2 amide bonds. The molecule has 0 aliphatic rings. The van der Waals surface area contributed by atoms with Crippen LogP contribution in [0.2, 0.25) is 0 Å². The van der Waals surface area contributed by atoms with Crippen LogP contribution in [0.5, 0.6) is 0 Å². The van der Waals surface area contributed by atoms with Crippen molar-refractivity contribution in [3.63, 3.8) is 0 Å². The molecular weight excluding hydrogens is 320 g/mol. The number of fused-ring (bicyclic) bond motifs is 1. The van der Waals surface area contributed by atoms with Crippen molar-refractivity contribution in [3.8, 4) is 0 Å². The van der Waals surface area contributed by atoms with Crippen molar-refractivity contribution in [1.82, 2.24) is 5.32 Å². The highest BCUT2D eigenvalue weighted by molar-refractivity contribution is 6.04. The minimum atomic E-state index is -0.559. The maximum absolute atomic E-state index is 12.4. The molecule has 126 valence electrons. The molecule has 1 aromatic heterocycles. The molecule has 1 heterocycles. The van der Waals surface area contributed by atoms with E-state index in [2.05, 4.69) is 10.6 Å². The fourth-order valence-corrected chi connectivity index (χ4v) is 2.41. The Hall–Kier alpha value is -3.41. The third kappa shape index (κ3) is 3.58. The summed E-state index contributed by atoms with van der Waals surface area (Å²) in [5.41, 5.74) is 0.920. The van der Waals surface area contributed by atoms with Crippen molar-refractivity contribution >= 4 is 28.5 Å². The Morgan fingerprint density at radius 3 is 2.60 bits per heavy atom. The first-order chi connectivity index (χ1) is 12.1. The first kappa shape index (κ1) is 16.4. The van der Waals surface area contributed by atoms with E-state index in [0.29, 0.717) is 28.8 Å². The molecule has 25 heavy (non-hydrogen) atoms. The van der Waals surface area contributed by atoms with Gasteiger partial charge in [0.2, 0.25) is 0 Å². The number of hydrogen-bond donors (Lipinski definition) is 2. The molecule has 3 aromatic rings. The molecule has 0 saturated carbocycles. The minimum absolute atomic E-state index is 0.0906. The van der Waals surface area contributed by atoms with Crippen LogP contribution in [-0.2, 0) is 0 Å². The molecule has 2 N–H and O–H groups in total. The van der Waals surface area contributed by atoms with Gasteiger partial charge < -0.3 is 15.1 Å². The van der Waals surface area contributed by atoms with Gasteiger partial charge in [-0.1, -0.05) is 18.2 Å². The number of amides is 2. The summed E-state index contributed by atoms with van der Waals surface area (Å²) >= 11 is 0. The van der Waals surface area contributed by atoms with E-state index in [-0.39, 0.29) is 17.1 Å². The van der Waals surface area contributed by atoms with E-state index in [9.17, 15) is 14.4 Å². The standard InChI is InChI=1S/C19H16N2O4/c1-2-20-18(23)12-6-5-7-13(10-12)21-19(24)17-11-15(22)14-8-3-4-9-16(14)25-17/h3-11H,2H2,1H3,(H,20,23)(H,21,24). The van der Waals surface area contributed by atoms with Gasteiger partial charge in [0.1, 0.15) is 5.58 Å². The maximum Gasteiger partial charge on any atom is 0.291 e. The SMILES string of the molecule is CCNC(=O)c1cccc(NC(=O)c2cc(=O)c3ccccc3o2)c1. The molecule has 2 aromatic carbocycles. The second kappa shape index (κ2) is 7.00.